The van der Waals surface area contributed by atoms with E-state index in [9.17, 15) is 4.79 Å². The van der Waals surface area contributed by atoms with E-state index in [1.807, 2.05) is 97.1 Å². The summed E-state index contributed by atoms with van der Waals surface area (Å²) >= 11 is 0. The lowest BCUT2D eigenvalue weighted by Crippen LogP contribution is -2.49. The van der Waals surface area contributed by atoms with Crippen molar-refractivity contribution >= 4 is 6.03 Å². The number of benzene rings is 4. The number of ether oxygens (including phenoxy) is 6. The minimum Gasteiger partial charge on any atom is -0.489 e. The van der Waals surface area contributed by atoms with Crippen molar-refractivity contribution in [2.45, 2.75) is 44.3 Å². The molecule has 50 heavy (non-hydrogen) atoms. The molecule has 1 saturated heterocycles. The summed E-state index contributed by atoms with van der Waals surface area (Å²) in [7, 11) is 2.10. The number of nitrogens with one attached hydrogen (secondary N) is 2. The van der Waals surface area contributed by atoms with E-state index in [0.717, 1.165) is 54.3 Å². The van der Waals surface area contributed by atoms with E-state index in [1.165, 1.54) is 0 Å². The molecule has 0 aliphatic carbocycles. The van der Waals surface area contributed by atoms with Gasteiger partial charge in [0.05, 0.1) is 6.54 Å². The van der Waals surface area contributed by atoms with E-state index in [0.29, 0.717) is 56.8 Å². The van der Waals surface area contributed by atoms with Crippen LogP contribution in [0.1, 0.15) is 24.0 Å². The Morgan fingerprint density at radius 2 is 1.26 bits per heavy atom. The second kappa shape index (κ2) is 17.5. The average Bonchev–Trinajstić information content (AvgIpc) is 3.17. The quantitative estimate of drug-likeness (QED) is 0.208. The molecule has 3 heterocycles. The highest BCUT2D eigenvalue weighted by Crippen LogP contribution is 2.36. The number of hydrogen-bond donors (Lipinski definition) is 3. The third kappa shape index (κ3) is 10.2. The van der Waals surface area contributed by atoms with Crippen LogP contribution >= 0.6 is 0 Å². The number of carbonyl (C=O) groups is 1. The lowest BCUT2D eigenvalue weighted by Gasteiger charge is -2.30. The molecule has 0 radical (unpaired) electrons. The fourth-order valence-electron chi connectivity index (χ4n) is 5.67. The third-order valence-electron chi connectivity index (χ3n) is 8.57. The van der Waals surface area contributed by atoms with Crippen LogP contribution in [0.25, 0.3) is 0 Å². The van der Waals surface area contributed by atoms with Crippen LogP contribution in [0.2, 0.25) is 0 Å². The maximum Gasteiger partial charge on any atom is 0.315 e. The monoisotopic (exact) mass is 682 g/mol. The lowest BCUT2D eigenvalue weighted by molar-refractivity contribution is 0.0909. The maximum atomic E-state index is 12.2. The van der Waals surface area contributed by atoms with E-state index in [-0.39, 0.29) is 24.3 Å². The number of nitrogens with zero attached hydrogens (tertiary/aromatic N) is 1. The molecule has 7 rings (SSSR count). The lowest BCUT2D eigenvalue weighted by atomic mass is 10.1. The largest absolute Gasteiger partial charge is 0.489 e. The van der Waals surface area contributed by atoms with Crippen LogP contribution in [0.3, 0.4) is 0 Å². The Balaban J connectivity index is 0.000000187. The molecule has 0 spiro atoms. The van der Waals surface area contributed by atoms with Gasteiger partial charge in [-0.2, -0.15) is 0 Å². The summed E-state index contributed by atoms with van der Waals surface area (Å²) in [4.78, 5) is 14.5. The summed E-state index contributed by atoms with van der Waals surface area (Å²) in [5.74, 6) is 4.23. The van der Waals surface area contributed by atoms with Crippen LogP contribution in [0.5, 0.6) is 34.5 Å². The predicted molar refractivity (Wildman–Crippen MR) is 190 cm³/mol. The standard InChI is InChI=1S/C23H29N3O4.C16H17NO3/c1-26-11-9-18(10-12-26)25-23(27)24-14-20-16-29-21-8-7-19(13-22(21)30-20)28-15-17-5-3-2-4-6-17;17-9-14-11-19-15-7-6-13(8-16(15)20-14)18-10-12-4-2-1-3-5-12/h2-8,13,18,20H,9-12,14-16H2,1H3,(H2,24,25,27);1-8,14H,9-11,17H2/t;14-/m.1/s1. The minimum atomic E-state index is -0.245. The van der Waals surface area contributed by atoms with Crippen LogP contribution in [0, 0.1) is 0 Å². The fourth-order valence-corrected chi connectivity index (χ4v) is 5.67. The number of carbonyl (C=O) groups excluding carboxylic acids is 1. The molecule has 1 fully saturated rings. The molecule has 4 N–H and O–H groups in total. The number of hydrogen-bond acceptors (Lipinski definition) is 9. The first-order valence-electron chi connectivity index (χ1n) is 17.1. The summed E-state index contributed by atoms with van der Waals surface area (Å²) in [5.41, 5.74) is 7.83. The van der Waals surface area contributed by atoms with E-state index >= 15 is 0 Å². The summed E-state index contributed by atoms with van der Waals surface area (Å²) in [5, 5.41) is 5.95. The number of urea groups is 1. The highest BCUT2D eigenvalue weighted by atomic mass is 16.6. The third-order valence-corrected chi connectivity index (χ3v) is 8.57. The summed E-state index contributed by atoms with van der Waals surface area (Å²) in [6.07, 6.45) is 1.62. The molecule has 11 heteroatoms. The van der Waals surface area contributed by atoms with Gasteiger partial charge in [0.15, 0.2) is 29.1 Å². The molecule has 4 aromatic rings. The molecular weight excluding hydrogens is 636 g/mol. The van der Waals surface area contributed by atoms with Crippen molar-refractivity contribution in [3.63, 3.8) is 0 Å². The zero-order chi connectivity index (χ0) is 34.5. The molecule has 1 unspecified atom stereocenters. The summed E-state index contributed by atoms with van der Waals surface area (Å²) < 4.78 is 34.8. The minimum absolute atomic E-state index is 0.0909. The van der Waals surface area contributed by atoms with E-state index in [4.69, 9.17) is 34.2 Å². The van der Waals surface area contributed by atoms with E-state index < -0.39 is 0 Å². The van der Waals surface area contributed by atoms with Crippen LogP contribution in [-0.2, 0) is 13.2 Å². The van der Waals surface area contributed by atoms with Gasteiger partial charge in [-0.3, -0.25) is 0 Å². The van der Waals surface area contributed by atoms with Crippen LogP contribution in [0.4, 0.5) is 4.79 Å². The van der Waals surface area contributed by atoms with Crippen molar-refractivity contribution in [1.29, 1.82) is 0 Å². The number of rotatable bonds is 10. The van der Waals surface area contributed by atoms with Crippen LogP contribution in [0.15, 0.2) is 97.1 Å². The maximum absolute atomic E-state index is 12.2. The Hall–Kier alpha value is -5.13. The SMILES string of the molecule is CN1CCC(NC(=O)NCC2COc3ccc(OCc4ccccc4)cc3O2)CC1.NC[C@@H]1COc2ccc(OCc3ccccc3)cc2O1. The Morgan fingerprint density at radius 3 is 1.80 bits per heavy atom. The topological polar surface area (TPSA) is 126 Å². The Kier molecular flexibility index (Phi) is 12.2. The normalized spacial score (nSPS) is 18.2. The highest BCUT2D eigenvalue weighted by molar-refractivity contribution is 5.74. The van der Waals surface area contributed by atoms with Gasteiger partial charge in [0.1, 0.15) is 44.0 Å². The summed E-state index contributed by atoms with van der Waals surface area (Å²) in [6, 6.07) is 31.3. The van der Waals surface area contributed by atoms with Gasteiger partial charge in [-0.1, -0.05) is 60.7 Å². The molecule has 0 aromatic heterocycles. The first kappa shape index (κ1) is 34.7. The van der Waals surface area contributed by atoms with Crippen LogP contribution < -0.4 is 44.8 Å². The number of nitrogens with two attached hydrogens (primary N) is 1. The Morgan fingerprint density at radius 1 is 0.740 bits per heavy atom. The first-order valence-corrected chi connectivity index (χ1v) is 17.1. The number of amides is 2. The smallest absolute Gasteiger partial charge is 0.315 e. The van der Waals surface area contributed by atoms with Gasteiger partial charge in [0, 0.05) is 24.7 Å². The van der Waals surface area contributed by atoms with Crippen molar-refractivity contribution in [3.8, 4) is 34.5 Å². The van der Waals surface area contributed by atoms with Crippen molar-refractivity contribution in [3.05, 3.63) is 108 Å². The van der Waals surface area contributed by atoms with E-state index in [1.54, 1.807) is 0 Å². The van der Waals surface area contributed by atoms with Gasteiger partial charge in [-0.25, -0.2) is 4.79 Å². The molecule has 11 nitrogen and oxygen atoms in total. The molecule has 2 atom stereocenters. The molecule has 0 saturated carbocycles. The summed E-state index contributed by atoms with van der Waals surface area (Å²) in [6.45, 7) is 4.75. The second-order valence-electron chi connectivity index (χ2n) is 12.5. The molecule has 4 aromatic carbocycles. The van der Waals surface area contributed by atoms with Crippen molar-refractivity contribution in [2.24, 2.45) is 5.73 Å². The molecule has 3 aliphatic heterocycles. The van der Waals surface area contributed by atoms with Crippen molar-refractivity contribution in [2.75, 3.05) is 46.4 Å². The average molecular weight is 683 g/mol. The van der Waals surface area contributed by atoms with Gasteiger partial charge < -0.3 is 49.7 Å². The number of fused-ring (bicyclic) bond motifs is 2. The molecule has 2 amide bonds. The number of piperidine rings is 1. The predicted octanol–water partition coefficient (Wildman–Crippen LogP) is 5.16. The van der Waals surface area contributed by atoms with Crippen LogP contribution in [-0.4, -0.2) is 75.6 Å². The van der Waals surface area contributed by atoms with Gasteiger partial charge in [0.25, 0.3) is 0 Å². The van der Waals surface area contributed by atoms with Gasteiger partial charge in [0.2, 0.25) is 0 Å². The number of likely N-dealkylation sites (tertiary alicyclic amines) is 1. The zero-order valence-corrected chi connectivity index (χ0v) is 28.4. The first-order chi connectivity index (χ1) is 24.5. The second-order valence-corrected chi connectivity index (χ2v) is 12.5. The Bertz CT molecular complexity index is 1650. The van der Waals surface area contributed by atoms with E-state index in [2.05, 4.69) is 22.6 Å². The molecule has 3 aliphatic rings. The molecule has 0 bridgehead atoms. The van der Waals surface area contributed by atoms with Gasteiger partial charge in [-0.05, 0) is 68.4 Å². The van der Waals surface area contributed by atoms with Crippen molar-refractivity contribution in [1.82, 2.24) is 15.5 Å². The molecular formula is C39H46N4O7. The highest BCUT2D eigenvalue weighted by Gasteiger charge is 2.24. The zero-order valence-electron chi connectivity index (χ0n) is 28.4. The fraction of sp³-hybridized carbons (Fsp3) is 0.359. The Labute approximate surface area is 293 Å². The molecule has 264 valence electrons. The van der Waals surface area contributed by atoms with Gasteiger partial charge >= 0.3 is 6.03 Å². The van der Waals surface area contributed by atoms with Crippen molar-refractivity contribution < 1.29 is 33.2 Å². The van der Waals surface area contributed by atoms with Gasteiger partial charge in [-0.15, -0.1) is 0 Å².